The second-order valence-corrected chi connectivity index (χ2v) is 5.83. The number of nitrogens with one attached hydrogen (secondary N) is 1. The van der Waals surface area contributed by atoms with E-state index >= 15 is 0 Å². The number of carbonyl (C=O) groups is 1. The van der Waals surface area contributed by atoms with Crippen molar-refractivity contribution in [3.05, 3.63) is 0 Å². The van der Waals surface area contributed by atoms with Gasteiger partial charge in [-0.1, -0.05) is 46.0 Å². The Kier molecular flexibility index (Phi) is 13.1. The van der Waals surface area contributed by atoms with Gasteiger partial charge >= 0.3 is 0 Å². The first-order valence-electron chi connectivity index (χ1n) is 7.65. The second kappa shape index (κ2) is 13.3. The van der Waals surface area contributed by atoms with Crippen LogP contribution in [0.2, 0.25) is 0 Å². The van der Waals surface area contributed by atoms with Crippen molar-refractivity contribution in [2.24, 2.45) is 0 Å². The molecule has 0 aromatic carbocycles. The number of hydrogen-bond acceptors (Lipinski definition) is 2. The van der Waals surface area contributed by atoms with Crippen LogP contribution in [0.3, 0.4) is 0 Å². The van der Waals surface area contributed by atoms with Crippen LogP contribution in [-0.2, 0) is 4.79 Å². The van der Waals surface area contributed by atoms with E-state index in [9.17, 15) is 4.79 Å². The van der Waals surface area contributed by atoms with Gasteiger partial charge in [-0.15, -0.1) is 0 Å². The minimum absolute atomic E-state index is 0.213. The van der Waals surface area contributed by atoms with Crippen LogP contribution in [0.15, 0.2) is 0 Å². The Morgan fingerprint density at radius 3 is 2.28 bits per heavy atom. The van der Waals surface area contributed by atoms with Crippen LogP contribution in [0, 0.1) is 0 Å². The molecule has 0 rings (SSSR count). The third-order valence-corrected chi connectivity index (χ3v) is 3.70. The zero-order chi connectivity index (χ0) is 13.6. The van der Waals surface area contributed by atoms with E-state index in [1.807, 2.05) is 0 Å². The Balaban J connectivity index is 3.29. The van der Waals surface area contributed by atoms with Crippen LogP contribution in [0.1, 0.15) is 78.1 Å². The highest BCUT2D eigenvalue weighted by molar-refractivity contribution is 7.80. The van der Waals surface area contributed by atoms with Crippen molar-refractivity contribution in [1.82, 2.24) is 5.32 Å². The van der Waals surface area contributed by atoms with Crippen LogP contribution in [0.4, 0.5) is 0 Å². The average Bonchev–Trinajstić information content (AvgIpc) is 2.35. The van der Waals surface area contributed by atoms with Crippen molar-refractivity contribution in [3.8, 4) is 0 Å². The summed E-state index contributed by atoms with van der Waals surface area (Å²) in [6.45, 7) is 5.20. The zero-order valence-corrected chi connectivity index (χ0v) is 13.1. The summed E-state index contributed by atoms with van der Waals surface area (Å²) < 4.78 is 0. The van der Waals surface area contributed by atoms with Gasteiger partial charge in [0, 0.05) is 18.2 Å². The normalized spacial score (nSPS) is 12.4. The average molecular weight is 273 g/mol. The first kappa shape index (κ1) is 17.8. The summed E-state index contributed by atoms with van der Waals surface area (Å²) in [5.74, 6) is 0.213. The molecule has 3 heteroatoms. The summed E-state index contributed by atoms with van der Waals surface area (Å²) in [7, 11) is 0. The van der Waals surface area contributed by atoms with E-state index in [-0.39, 0.29) is 5.91 Å². The molecule has 1 amide bonds. The van der Waals surface area contributed by atoms with Gasteiger partial charge in [0.05, 0.1) is 0 Å². The van der Waals surface area contributed by atoms with Gasteiger partial charge in [0.1, 0.15) is 0 Å². The number of amides is 1. The number of rotatable bonds is 12. The van der Waals surface area contributed by atoms with Crippen LogP contribution in [0.25, 0.3) is 0 Å². The topological polar surface area (TPSA) is 29.1 Å². The third-order valence-electron chi connectivity index (χ3n) is 3.18. The van der Waals surface area contributed by atoms with Crippen molar-refractivity contribution in [1.29, 1.82) is 0 Å². The molecular formula is C15H31NOS. The fourth-order valence-corrected chi connectivity index (χ4v) is 2.33. The molecule has 0 aliphatic heterocycles. The fraction of sp³-hybridized carbons (Fsp3) is 0.933. The van der Waals surface area contributed by atoms with Crippen LogP contribution < -0.4 is 5.32 Å². The smallest absolute Gasteiger partial charge is 0.219 e. The molecule has 0 radical (unpaired) electrons. The molecule has 0 aromatic heterocycles. The Labute approximate surface area is 119 Å². The predicted octanol–water partition coefficient (Wildman–Crippen LogP) is 4.34. The molecule has 1 atom stereocenters. The number of hydrogen-bond donors (Lipinski definition) is 2. The lowest BCUT2D eigenvalue weighted by Crippen LogP contribution is -2.24. The summed E-state index contributed by atoms with van der Waals surface area (Å²) in [5.41, 5.74) is 0. The van der Waals surface area contributed by atoms with Gasteiger partial charge in [0.25, 0.3) is 0 Å². The largest absolute Gasteiger partial charge is 0.356 e. The molecule has 0 saturated heterocycles. The minimum atomic E-state index is 0.213. The number of thiol groups is 1. The van der Waals surface area contributed by atoms with E-state index < -0.39 is 0 Å². The van der Waals surface area contributed by atoms with E-state index in [2.05, 4.69) is 31.8 Å². The predicted molar refractivity (Wildman–Crippen MR) is 83.3 cm³/mol. The maximum Gasteiger partial charge on any atom is 0.219 e. The summed E-state index contributed by atoms with van der Waals surface area (Å²) in [5, 5.41) is 3.50. The number of unbranched alkanes of at least 4 members (excludes halogenated alkanes) is 4. The molecule has 2 nitrogen and oxygen atoms in total. The molecule has 0 spiro atoms. The quantitative estimate of drug-likeness (QED) is 0.402. The van der Waals surface area contributed by atoms with Gasteiger partial charge in [-0.25, -0.2) is 0 Å². The Bertz CT molecular complexity index is 197. The van der Waals surface area contributed by atoms with Crippen LogP contribution in [-0.4, -0.2) is 17.7 Å². The molecule has 0 saturated carbocycles. The van der Waals surface area contributed by atoms with E-state index in [1.54, 1.807) is 0 Å². The van der Waals surface area contributed by atoms with E-state index in [0.717, 1.165) is 32.2 Å². The summed E-state index contributed by atoms with van der Waals surface area (Å²) >= 11 is 4.58. The SMILES string of the molecule is CCCCCC(=O)NCCCC(S)CCCCC. The molecule has 0 fully saturated rings. The lowest BCUT2D eigenvalue weighted by molar-refractivity contribution is -0.121. The summed E-state index contributed by atoms with van der Waals surface area (Å²) in [6.07, 6.45) is 11.3. The summed E-state index contributed by atoms with van der Waals surface area (Å²) in [6, 6.07) is 0. The van der Waals surface area contributed by atoms with Gasteiger partial charge in [-0.3, -0.25) is 4.79 Å². The Hall–Kier alpha value is -0.180. The third kappa shape index (κ3) is 12.3. The standard InChI is InChI=1S/C15H31NOS/c1-3-5-7-10-14(18)11-9-13-16-15(17)12-8-6-4-2/h14,18H,3-13H2,1-2H3,(H,16,17). The van der Waals surface area contributed by atoms with E-state index in [1.165, 1.54) is 32.1 Å². The Morgan fingerprint density at radius 2 is 1.61 bits per heavy atom. The highest BCUT2D eigenvalue weighted by atomic mass is 32.1. The van der Waals surface area contributed by atoms with E-state index in [4.69, 9.17) is 0 Å². The van der Waals surface area contributed by atoms with Crippen molar-refractivity contribution in [2.45, 2.75) is 83.3 Å². The number of carbonyl (C=O) groups excluding carboxylic acids is 1. The van der Waals surface area contributed by atoms with Gasteiger partial charge < -0.3 is 5.32 Å². The van der Waals surface area contributed by atoms with E-state index in [0.29, 0.717) is 11.7 Å². The van der Waals surface area contributed by atoms with Crippen molar-refractivity contribution in [3.63, 3.8) is 0 Å². The molecule has 0 heterocycles. The first-order chi connectivity index (χ1) is 8.70. The zero-order valence-electron chi connectivity index (χ0n) is 12.2. The highest BCUT2D eigenvalue weighted by Gasteiger charge is 2.04. The lowest BCUT2D eigenvalue weighted by atomic mass is 10.1. The molecule has 108 valence electrons. The Morgan fingerprint density at radius 1 is 1.00 bits per heavy atom. The highest BCUT2D eigenvalue weighted by Crippen LogP contribution is 2.13. The van der Waals surface area contributed by atoms with Gasteiger partial charge in [0.15, 0.2) is 0 Å². The van der Waals surface area contributed by atoms with Gasteiger partial charge in [-0.2, -0.15) is 12.6 Å². The summed E-state index contributed by atoms with van der Waals surface area (Å²) in [4.78, 5) is 11.4. The second-order valence-electron chi connectivity index (χ2n) is 5.10. The molecule has 0 aliphatic carbocycles. The molecule has 18 heavy (non-hydrogen) atoms. The maximum absolute atomic E-state index is 11.4. The maximum atomic E-state index is 11.4. The molecule has 0 aliphatic rings. The molecule has 1 unspecified atom stereocenters. The molecular weight excluding hydrogens is 242 g/mol. The lowest BCUT2D eigenvalue weighted by Gasteiger charge is -2.10. The van der Waals surface area contributed by atoms with Crippen LogP contribution in [0.5, 0.6) is 0 Å². The minimum Gasteiger partial charge on any atom is -0.356 e. The van der Waals surface area contributed by atoms with Crippen molar-refractivity contribution >= 4 is 18.5 Å². The van der Waals surface area contributed by atoms with Gasteiger partial charge in [0.2, 0.25) is 5.91 Å². The first-order valence-corrected chi connectivity index (χ1v) is 8.17. The van der Waals surface area contributed by atoms with Crippen LogP contribution >= 0.6 is 12.6 Å². The fourth-order valence-electron chi connectivity index (χ4n) is 1.96. The van der Waals surface area contributed by atoms with Crippen molar-refractivity contribution < 1.29 is 4.79 Å². The van der Waals surface area contributed by atoms with Crippen molar-refractivity contribution in [2.75, 3.05) is 6.54 Å². The molecule has 0 aromatic rings. The molecule has 0 bridgehead atoms. The monoisotopic (exact) mass is 273 g/mol. The van der Waals surface area contributed by atoms with Gasteiger partial charge in [-0.05, 0) is 25.7 Å². The molecule has 1 N–H and O–H groups in total.